The van der Waals surface area contributed by atoms with Crippen molar-refractivity contribution in [1.29, 1.82) is 0 Å². The lowest BCUT2D eigenvalue weighted by Crippen LogP contribution is -1.97. The average Bonchev–Trinajstić information content (AvgIpc) is 3.49. The van der Waals surface area contributed by atoms with Crippen molar-refractivity contribution in [3.63, 3.8) is 0 Å². The van der Waals surface area contributed by atoms with Crippen LogP contribution >= 0.6 is 0 Å². The number of benzene rings is 8. The first-order valence-corrected chi connectivity index (χ1v) is 25.0. The number of esters is 2. The molecule has 0 saturated heterocycles. The highest BCUT2D eigenvalue weighted by Crippen LogP contribution is 2.55. The molecule has 0 aliphatic carbocycles. The first kappa shape index (κ1) is 61.2. The van der Waals surface area contributed by atoms with Gasteiger partial charge in [-0.05, 0) is 133 Å². The van der Waals surface area contributed by atoms with Crippen LogP contribution in [-0.4, -0.2) is 102 Å². The zero-order chi connectivity index (χ0) is 58.5. The second-order valence-electron chi connectivity index (χ2n) is 16.9. The molecule has 0 spiro atoms. The van der Waals surface area contributed by atoms with Crippen molar-refractivity contribution in [3.8, 4) is 136 Å². The summed E-state index contributed by atoms with van der Waals surface area (Å²) in [6.45, 7) is 7.31. The average molecular weight is 1090 g/mol. The van der Waals surface area contributed by atoms with E-state index in [4.69, 9.17) is 37.9 Å². The number of carbonyl (C=O) groups is 2. The first-order chi connectivity index (χ1) is 38.6. The Morgan fingerprint density at radius 3 is 0.600 bits per heavy atom. The molecule has 0 aromatic heterocycles. The predicted octanol–water partition coefficient (Wildman–Crippen LogP) is 13.4. The molecule has 0 radical (unpaired) electrons. The minimum Gasteiger partial charge on any atom is -0.507 e. The van der Waals surface area contributed by atoms with Crippen molar-refractivity contribution in [2.24, 2.45) is 0 Å². The number of rotatable bonds is 16. The van der Waals surface area contributed by atoms with Crippen LogP contribution in [0, 0.1) is 0 Å². The van der Waals surface area contributed by atoms with Gasteiger partial charge in [-0.15, -0.1) is 0 Å². The maximum atomic E-state index is 11.1. The molecule has 420 valence electrons. The van der Waals surface area contributed by atoms with Gasteiger partial charge >= 0.3 is 11.9 Å². The van der Waals surface area contributed by atoms with E-state index in [1.807, 2.05) is 97.1 Å². The van der Waals surface area contributed by atoms with E-state index in [2.05, 4.69) is 9.47 Å². The fraction of sp³-hybridized carbons (Fsp3) is 0.219. The summed E-state index contributed by atoms with van der Waals surface area (Å²) in [5, 5.41) is 44.5. The predicted molar refractivity (Wildman–Crippen MR) is 309 cm³/mol. The molecular weight excluding hydrogens is 1020 g/mol. The molecule has 0 fully saturated rings. The molecule has 16 nitrogen and oxygen atoms in total. The molecule has 16 heteroatoms. The molecule has 0 saturated carbocycles. The highest BCUT2D eigenvalue weighted by molar-refractivity contribution is 6.02. The van der Waals surface area contributed by atoms with Crippen LogP contribution in [0.15, 0.2) is 146 Å². The fourth-order valence-electron chi connectivity index (χ4n) is 8.57. The smallest absolute Gasteiger partial charge is 0.302 e. The molecule has 8 aromatic rings. The Morgan fingerprint density at radius 1 is 0.287 bits per heavy atom. The minimum absolute atomic E-state index is 0.00932. The number of hydrogen-bond acceptors (Lipinski definition) is 16. The fourth-order valence-corrected chi connectivity index (χ4v) is 8.57. The van der Waals surface area contributed by atoms with E-state index in [0.717, 1.165) is 22.3 Å². The summed E-state index contributed by atoms with van der Waals surface area (Å²) in [5.41, 5.74) is 7.34. The topological polar surface area (TPSA) is 207 Å². The van der Waals surface area contributed by atoms with Crippen LogP contribution in [0.5, 0.6) is 69.0 Å². The first-order valence-electron chi connectivity index (χ1n) is 25.0. The molecule has 8 rings (SSSR count). The van der Waals surface area contributed by atoms with Gasteiger partial charge in [0.1, 0.15) is 69.0 Å². The Morgan fingerprint density at radius 2 is 0.475 bits per heavy atom. The number of hydrogen-bond donors (Lipinski definition) is 4. The van der Waals surface area contributed by atoms with Crippen LogP contribution in [0.3, 0.4) is 0 Å². The number of carbonyl (C=O) groups excluding carboxylic acids is 2. The van der Waals surface area contributed by atoms with Gasteiger partial charge in [-0.2, -0.15) is 0 Å². The Hall–Kier alpha value is -9.70. The lowest BCUT2D eigenvalue weighted by atomic mass is 9.87. The lowest BCUT2D eigenvalue weighted by molar-refractivity contribution is -0.141. The number of ether oxygens (including phenoxy) is 10. The summed E-state index contributed by atoms with van der Waals surface area (Å²) in [5.74, 6) is 4.52. The van der Waals surface area contributed by atoms with Crippen molar-refractivity contribution in [3.05, 3.63) is 146 Å². The van der Waals surface area contributed by atoms with Gasteiger partial charge in [-0.25, -0.2) is 0 Å². The van der Waals surface area contributed by atoms with Gasteiger partial charge in [0.15, 0.2) is 0 Å². The van der Waals surface area contributed by atoms with Crippen LogP contribution < -0.4 is 37.9 Å². The zero-order valence-corrected chi connectivity index (χ0v) is 47.0. The second-order valence-corrected chi connectivity index (χ2v) is 16.9. The van der Waals surface area contributed by atoms with Gasteiger partial charge < -0.3 is 67.8 Å². The quantitative estimate of drug-likeness (QED) is 0.0664. The SMILES string of the molecule is CCOC(C)=O.CCOC(C)=O.COc1ccc(-c2c(OC)ccc(O)c2-c2c(O)ccc(OC)c2-c2ccc(OC)cc2)cc1.COc1ccc(-c2c(OC)ccc(O)c2-c2c(O)ccc(OC)c2-c2ccc(OC)cc2)cc1. The Kier molecular flexibility index (Phi) is 22.7. The van der Waals surface area contributed by atoms with Crippen LogP contribution in [0.25, 0.3) is 66.8 Å². The molecule has 0 unspecified atom stereocenters. The van der Waals surface area contributed by atoms with Gasteiger partial charge in [0.25, 0.3) is 0 Å². The van der Waals surface area contributed by atoms with Crippen LogP contribution in [0.4, 0.5) is 0 Å². The molecule has 4 N–H and O–H groups in total. The van der Waals surface area contributed by atoms with E-state index in [1.165, 1.54) is 13.8 Å². The van der Waals surface area contributed by atoms with E-state index < -0.39 is 0 Å². The Balaban J connectivity index is 0.000000244. The number of methoxy groups -OCH3 is 8. The van der Waals surface area contributed by atoms with Crippen molar-refractivity contribution in [2.75, 3.05) is 70.1 Å². The van der Waals surface area contributed by atoms with E-state index in [-0.39, 0.29) is 34.9 Å². The van der Waals surface area contributed by atoms with Gasteiger partial charge in [0.2, 0.25) is 0 Å². The van der Waals surface area contributed by atoms with Crippen molar-refractivity contribution in [1.82, 2.24) is 0 Å². The van der Waals surface area contributed by atoms with E-state index >= 15 is 0 Å². The number of phenolic OH excluding ortho intramolecular Hbond substituents is 4. The minimum atomic E-state index is -0.211. The summed E-state index contributed by atoms with van der Waals surface area (Å²) in [7, 11) is 12.7. The maximum Gasteiger partial charge on any atom is 0.302 e. The highest BCUT2D eigenvalue weighted by atomic mass is 16.5. The van der Waals surface area contributed by atoms with Crippen molar-refractivity contribution in [2.45, 2.75) is 27.7 Å². The van der Waals surface area contributed by atoms with E-state index in [9.17, 15) is 30.0 Å². The third-order valence-corrected chi connectivity index (χ3v) is 12.2. The third kappa shape index (κ3) is 14.9. The lowest BCUT2D eigenvalue weighted by Gasteiger charge is -2.21. The molecule has 0 aliphatic heterocycles. The van der Waals surface area contributed by atoms with E-state index in [1.54, 1.807) is 119 Å². The van der Waals surface area contributed by atoms with Gasteiger partial charge in [-0.1, -0.05) is 48.5 Å². The molecule has 8 aromatic carbocycles. The summed E-state index contributed by atoms with van der Waals surface area (Å²) >= 11 is 0. The molecule has 80 heavy (non-hydrogen) atoms. The third-order valence-electron chi connectivity index (χ3n) is 12.2. The molecule has 0 amide bonds. The van der Waals surface area contributed by atoms with Gasteiger partial charge in [-0.3, -0.25) is 9.59 Å². The summed E-state index contributed by atoms with van der Waals surface area (Å²) < 4.78 is 52.7. The number of aromatic hydroxyl groups is 4. The summed E-state index contributed by atoms with van der Waals surface area (Å²) in [6, 6.07) is 42.7. The standard InChI is InChI=1S/2C28H26O6.2C4H8O2/c2*1-31-19-9-5-17(6-10-19)25-23(33-3)15-13-21(29)27(25)28-22(30)14-16-24(34-4)26(28)18-7-11-20(32-2)12-8-18;2*1-3-6-4(2)5/h2*5-16,29-30H,1-4H3;2*3H2,1-2H3. The maximum absolute atomic E-state index is 11.1. The van der Waals surface area contributed by atoms with Crippen LogP contribution in [0.1, 0.15) is 27.7 Å². The normalized spacial score (nSPS) is 10.2. The monoisotopic (exact) mass is 1090 g/mol. The number of phenols is 4. The van der Waals surface area contributed by atoms with Crippen molar-refractivity contribution < 1.29 is 77.4 Å². The molecule has 0 heterocycles. The van der Waals surface area contributed by atoms with Gasteiger partial charge in [0, 0.05) is 58.4 Å². The summed E-state index contributed by atoms with van der Waals surface area (Å²) in [4.78, 5) is 19.6. The molecule has 0 aliphatic rings. The Bertz CT molecular complexity index is 2870. The van der Waals surface area contributed by atoms with E-state index in [0.29, 0.717) is 104 Å². The van der Waals surface area contributed by atoms with Crippen molar-refractivity contribution >= 4 is 11.9 Å². The van der Waals surface area contributed by atoms with Gasteiger partial charge in [0.05, 0.1) is 70.1 Å². The second kappa shape index (κ2) is 29.7. The zero-order valence-electron chi connectivity index (χ0n) is 47.0. The van der Waals surface area contributed by atoms with Crippen LogP contribution in [0.2, 0.25) is 0 Å². The van der Waals surface area contributed by atoms with Crippen LogP contribution in [-0.2, 0) is 19.1 Å². The highest BCUT2D eigenvalue weighted by Gasteiger charge is 2.28. The molecule has 0 atom stereocenters. The summed E-state index contributed by atoms with van der Waals surface area (Å²) in [6.07, 6.45) is 0. The Labute approximate surface area is 466 Å². The molecular formula is C64H68O16. The largest absolute Gasteiger partial charge is 0.507 e. The molecule has 0 bridgehead atoms.